The Labute approximate surface area is 129 Å². The van der Waals surface area contributed by atoms with Gasteiger partial charge in [-0.05, 0) is 40.1 Å². The Hall–Kier alpha value is -1.21. The number of carboxylic acid groups (broad SMARTS) is 1. The number of hydrogen-bond acceptors (Lipinski definition) is 4. The van der Waals surface area contributed by atoms with Crippen LogP contribution in [0.25, 0.3) is 0 Å². The maximum absolute atomic E-state index is 10.8. The summed E-state index contributed by atoms with van der Waals surface area (Å²) in [6.45, 7) is 1.01. The number of benzene rings is 1. The van der Waals surface area contributed by atoms with Crippen LogP contribution in [-0.4, -0.2) is 22.7 Å². The highest BCUT2D eigenvalue weighted by atomic mass is 79.9. The average molecular weight is 356 g/mol. The first-order valence-corrected chi connectivity index (χ1v) is 7.74. The van der Waals surface area contributed by atoms with Gasteiger partial charge in [-0.3, -0.25) is 0 Å². The van der Waals surface area contributed by atoms with Crippen molar-refractivity contribution in [1.29, 1.82) is 0 Å². The van der Waals surface area contributed by atoms with Crippen molar-refractivity contribution < 1.29 is 15.0 Å². The highest BCUT2D eigenvalue weighted by Crippen LogP contribution is 2.19. The lowest BCUT2D eigenvalue weighted by Gasteiger charge is -2.11. The molecule has 1 aromatic carbocycles. The Morgan fingerprint density at radius 2 is 2.20 bits per heavy atom. The molecular formula is C14H14BrNO3S. The van der Waals surface area contributed by atoms with Gasteiger partial charge in [-0.1, -0.05) is 22.0 Å². The average Bonchev–Trinajstić information content (AvgIpc) is 2.94. The van der Waals surface area contributed by atoms with Gasteiger partial charge in [-0.25, -0.2) is 4.79 Å². The van der Waals surface area contributed by atoms with Crippen LogP contribution in [0.3, 0.4) is 0 Å². The smallest absolute Gasteiger partial charge is 0.335 e. The number of nitrogens with one attached hydrogen (secondary N) is 1. The van der Waals surface area contributed by atoms with Crippen molar-refractivity contribution in [2.75, 3.05) is 6.54 Å². The first-order valence-electron chi connectivity index (χ1n) is 6.00. The van der Waals surface area contributed by atoms with Crippen LogP contribution in [0.15, 0.2) is 39.5 Å². The summed E-state index contributed by atoms with van der Waals surface area (Å²) in [5.41, 5.74) is 2.11. The highest BCUT2D eigenvalue weighted by molar-refractivity contribution is 9.10. The maximum atomic E-state index is 10.8. The van der Waals surface area contributed by atoms with E-state index in [1.165, 1.54) is 0 Å². The molecule has 0 aliphatic heterocycles. The lowest BCUT2D eigenvalue weighted by atomic mass is 10.1. The molecule has 106 valence electrons. The topological polar surface area (TPSA) is 69.6 Å². The van der Waals surface area contributed by atoms with Gasteiger partial charge in [0, 0.05) is 17.6 Å². The molecule has 1 unspecified atom stereocenters. The Bertz CT molecular complexity index is 586. The molecule has 1 heterocycles. The van der Waals surface area contributed by atoms with Crippen LogP contribution < -0.4 is 5.32 Å². The molecule has 6 heteroatoms. The minimum Gasteiger partial charge on any atom is -0.478 e. The minimum absolute atomic E-state index is 0.249. The van der Waals surface area contributed by atoms with Crippen LogP contribution in [0.2, 0.25) is 0 Å². The van der Waals surface area contributed by atoms with Crippen LogP contribution >= 0.6 is 27.3 Å². The Morgan fingerprint density at radius 3 is 2.80 bits per heavy atom. The zero-order valence-electron chi connectivity index (χ0n) is 10.5. The second kappa shape index (κ2) is 6.99. The van der Waals surface area contributed by atoms with E-state index in [0.29, 0.717) is 13.1 Å². The lowest BCUT2D eigenvalue weighted by Crippen LogP contribution is -2.21. The molecule has 2 aromatic rings. The minimum atomic E-state index is -0.946. The number of carbonyl (C=O) groups is 1. The Kier molecular flexibility index (Phi) is 5.31. The van der Waals surface area contributed by atoms with Crippen LogP contribution in [0.5, 0.6) is 0 Å². The van der Waals surface area contributed by atoms with Gasteiger partial charge >= 0.3 is 5.97 Å². The molecule has 0 saturated carbocycles. The van der Waals surface area contributed by atoms with E-state index >= 15 is 0 Å². The van der Waals surface area contributed by atoms with E-state index in [1.54, 1.807) is 29.5 Å². The van der Waals surface area contributed by atoms with E-state index < -0.39 is 12.1 Å². The summed E-state index contributed by atoms with van der Waals surface area (Å²) in [4.78, 5) is 10.8. The SMILES string of the molecule is O=C(O)c1ccc(CNCC(O)c2ccsc2)c(Br)c1. The molecule has 0 aliphatic rings. The van der Waals surface area contributed by atoms with Gasteiger partial charge in [0.15, 0.2) is 0 Å². The molecule has 0 aliphatic carbocycles. The van der Waals surface area contributed by atoms with Crippen molar-refractivity contribution in [3.63, 3.8) is 0 Å². The van der Waals surface area contributed by atoms with E-state index in [9.17, 15) is 9.90 Å². The summed E-state index contributed by atoms with van der Waals surface area (Å²) in [7, 11) is 0. The second-order valence-electron chi connectivity index (χ2n) is 4.31. The van der Waals surface area contributed by atoms with Gasteiger partial charge in [0.2, 0.25) is 0 Å². The fourth-order valence-electron chi connectivity index (χ4n) is 1.75. The summed E-state index contributed by atoms with van der Waals surface area (Å²) >= 11 is 4.91. The molecule has 0 spiro atoms. The van der Waals surface area contributed by atoms with Crippen molar-refractivity contribution in [2.45, 2.75) is 12.6 Å². The molecule has 0 bridgehead atoms. The fourth-order valence-corrected chi connectivity index (χ4v) is 2.98. The number of aliphatic hydroxyl groups is 1. The maximum Gasteiger partial charge on any atom is 0.335 e. The number of thiophene rings is 1. The zero-order valence-corrected chi connectivity index (χ0v) is 12.9. The third-order valence-electron chi connectivity index (χ3n) is 2.88. The van der Waals surface area contributed by atoms with E-state index in [4.69, 9.17) is 5.11 Å². The predicted octanol–water partition coefficient (Wildman–Crippen LogP) is 3.03. The fraction of sp³-hybridized carbons (Fsp3) is 0.214. The summed E-state index contributed by atoms with van der Waals surface area (Å²) in [6, 6.07) is 6.81. The molecule has 1 atom stereocenters. The molecule has 20 heavy (non-hydrogen) atoms. The molecular weight excluding hydrogens is 342 g/mol. The van der Waals surface area contributed by atoms with Gasteiger partial charge in [0.05, 0.1) is 11.7 Å². The molecule has 0 fully saturated rings. The number of aliphatic hydroxyl groups excluding tert-OH is 1. The number of hydrogen-bond donors (Lipinski definition) is 3. The zero-order chi connectivity index (χ0) is 14.5. The number of carboxylic acids is 1. The molecule has 4 nitrogen and oxygen atoms in total. The summed E-state index contributed by atoms with van der Waals surface area (Å²) in [5, 5.41) is 25.8. The summed E-state index contributed by atoms with van der Waals surface area (Å²) in [5.74, 6) is -0.946. The van der Waals surface area contributed by atoms with Crippen molar-refractivity contribution in [3.8, 4) is 0 Å². The van der Waals surface area contributed by atoms with Gasteiger partial charge in [-0.2, -0.15) is 11.3 Å². The van der Waals surface area contributed by atoms with E-state index in [1.807, 2.05) is 16.8 Å². The van der Waals surface area contributed by atoms with Crippen LogP contribution in [0, 0.1) is 0 Å². The van der Waals surface area contributed by atoms with Crippen LogP contribution in [-0.2, 0) is 6.54 Å². The third kappa shape index (κ3) is 3.89. The first-order chi connectivity index (χ1) is 9.58. The number of aromatic carboxylic acids is 1. The number of halogens is 1. The quantitative estimate of drug-likeness (QED) is 0.744. The molecule has 0 amide bonds. The van der Waals surface area contributed by atoms with Crippen molar-refractivity contribution in [2.24, 2.45) is 0 Å². The summed E-state index contributed by atoms with van der Waals surface area (Å²) < 4.78 is 0.745. The molecule has 3 N–H and O–H groups in total. The predicted molar refractivity (Wildman–Crippen MR) is 82.1 cm³/mol. The van der Waals surface area contributed by atoms with Crippen LogP contribution in [0.1, 0.15) is 27.6 Å². The van der Waals surface area contributed by atoms with Gasteiger partial charge < -0.3 is 15.5 Å². The monoisotopic (exact) mass is 355 g/mol. The normalized spacial score (nSPS) is 12.3. The number of rotatable bonds is 6. The highest BCUT2D eigenvalue weighted by Gasteiger charge is 2.09. The van der Waals surface area contributed by atoms with Crippen molar-refractivity contribution in [3.05, 3.63) is 56.2 Å². The molecule has 0 saturated heterocycles. The molecule has 2 rings (SSSR count). The van der Waals surface area contributed by atoms with E-state index in [-0.39, 0.29) is 5.56 Å². The van der Waals surface area contributed by atoms with E-state index in [0.717, 1.165) is 15.6 Å². The van der Waals surface area contributed by atoms with Crippen molar-refractivity contribution in [1.82, 2.24) is 5.32 Å². The van der Waals surface area contributed by atoms with Crippen molar-refractivity contribution >= 4 is 33.2 Å². The summed E-state index contributed by atoms with van der Waals surface area (Å²) in [6.07, 6.45) is -0.529. The molecule has 1 aromatic heterocycles. The Morgan fingerprint density at radius 1 is 1.40 bits per heavy atom. The molecule has 0 radical (unpaired) electrons. The van der Waals surface area contributed by atoms with Crippen LogP contribution in [0.4, 0.5) is 0 Å². The second-order valence-corrected chi connectivity index (χ2v) is 5.95. The van der Waals surface area contributed by atoms with Gasteiger partial charge in [-0.15, -0.1) is 0 Å². The Balaban J connectivity index is 1.90. The largest absolute Gasteiger partial charge is 0.478 e. The standard InChI is InChI=1S/C14H14BrNO3S/c15-12-5-9(14(18)19)1-2-10(12)6-16-7-13(17)11-3-4-20-8-11/h1-5,8,13,16-17H,6-7H2,(H,18,19). The third-order valence-corrected chi connectivity index (χ3v) is 4.32. The van der Waals surface area contributed by atoms with E-state index in [2.05, 4.69) is 21.2 Å². The van der Waals surface area contributed by atoms with Gasteiger partial charge in [0.1, 0.15) is 0 Å². The lowest BCUT2D eigenvalue weighted by molar-refractivity contribution is 0.0697. The van der Waals surface area contributed by atoms with Gasteiger partial charge in [0.25, 0.3) is 0 Å². The first kappa shape index (κ1) is 15.2.